The molecule has 0 radical (unpaired) electrons. The number of piperidine rings is 1. The van der Waals surface area contributed by atoms with Crippen molar-refractivity contribution in [2.24, 2.45) is 5.92 Å². The lowest BCUT2D eigenvalue weighted by Crippen LogP contribution is -2.26. The molecular formula is C24H27ClN4O. The Morgan fingerprint density at radius 2 is 1.93 bits per heavy atom. The molecule has 1 amide bonds. The van der Waals surface area contributed by atoms with Crippen LogP contribution >= 0.6 is 11.6 Å². The summed E-state index contributed by atoms with van der Waals surface area (Å²) in [4.78, 5) is 19.0. The number of hydrogen-bond acceptors (Lipinski definition) is 4. The molecule has 2 atom stereocenters. The third-order valence-electron chi connectivity index (χ3n) is 6.00. The highest BCUT2D eigenvalue weighted by Gasteiger charge is 2.34. The van der Waals surface area contributed by atoms with Crippen LogP contribution in [0.4, 0.5) is 5.82 Å². The Hall–Kier alpha value is -2.50. The molecule has 2 fully saturated rings. The van der Waals surface area contributed by atoms with Gasteiger partial charge < -0.3 is 10.6 Å². The van der Waals surface area contributed by atoms with E-state index in [9.17, 15) is 4.79 Å². The van der Waals surface area contributed by atoms with Gasteiger partial charge in [-0.25, -0.2) is 4.98 Å². The van der Waals surface area contributed by atoms with Crippen LogP contribution in [0.5, 0.6) is 0 Å². The number of nitrogens with zero attached hydrogens (tertiary/aromatic N) is 2. The van der Waals surface area contributed by atoms with Gasteiger partial charge in [0.25, 0.3) is 0 Å². The Morgan fingerprint density at radius 1 is 1.13 bits per heavy atom. The number of nitrogens with one attached hydrogen (secondary N) is 2. The second-order valence-electron chi connectivity index (χ2n) is 8.15. The second kappa shape index (κ2) is 9.54. The Bertz CT molecular complexity index is 1000. The highest BCUT2D eigenvalue weighted by Crippen LogP contribution is 2.45. The standard InChI is InChI=1S/C15H16ClN3O.C9H11N/c16-14-6-12-8-18-15(19-9-20)7-11(12)5-13(14)10-1-3-17-4-2-10;1-7-6-8(7)9-4-2-3-5-10-9/h5-10,17H,1-4H2,(H,18,19,20);2-5,7-8H,6H2,1H3. The number of pyridine rings is 2. The molecule has 5 rings (SSSR count). The molecular weight excluding hydrogens is 396 g/mol. The second-order valence-corrected chi connectivity index (χ2v) is 8.56. The van der Waals surface area contributed by atoms with E-state index in [1.807, 2.05) is 24.4 Å². The monoisotopic (exact) mass is 422 g/mol. The first kappa shape index (κ1) is 20.8. The maximum Gasteiger partial charge on any atom is 0.212 e. The van der Waals surface area contributed by atoms with Gasteiger partial charge in [0.05, 0.1) is 0 Å². The molecule has 1 saturated heterocycles. The molecule has 2 aromatic heterocycles. The van der Waals surface area contributed by atoms with Crippen molar-refractivity contribution in [1.29, 1.82) is 0 Å². The lowest BCUT2D eigenvalue weighted by molar-refractivity contribution is -0.105. The number of carbonyl (C=O) groups excluding carboxylic acids is 1. The van der Waals surface area contributed by atoms with Gasteiger partial charge in [0, 0.05) is 34.4 Å². The summed E-state index contributed by atoms with van der Waals surface area (Å²) in [5.74, 6) is 2.70. The molecule has 0 bridgehead atoms. The summed E-state index contributed by atoms with van der Waals surface area (Å²) in [7, 11) is 0. The van der Waals surface area contributed by atoms with E-state index in [2.05, 4.69) is 45.7 Å². The van der Waals surface area contributed by atoms with Crippen molar-refractivity contribution in [2.45, 2.75) is 38.0 Å². The van der Waals surface area contributed by atoms with Crippen LogP contribution in [0.3, 0.4) is 0 Å². The van der Waals surface area contributed by atoms with Gasteiger partial charge in [-0.15, -0.1) is 0 Å². The molecule has 3 heterocycles. The summed E-state index contributed by atoms with van der Waals surface area (Å²) in [6, 6.07) is 12.1. The maximum atomic E-state index is 10.5. The van der Waals surface area contributed by atoms with E-state index >= 15 is 0 Å². The first-order valence-electron chi connectivity index (χ1n) is 10.6. The molecule has 1 aliphatic heterocycles. The highest BCUT2D eigenvalue weighted by atomic mass is 35.5. The summed E-state index contributed by atoms with van der Waals surface area (Å²) < 4.78 is 0. The van der Waals surface area contributed by atoms with E-state index in [1.54, 1.807) is 6.20 Å². The summed E-state index contributed by atoms with van der Waals surface area (Å²) in [5, 5.41) is 8.80. The third-order valence-corrected chi connectivity index (χ3v) is 6.33. The summed E-state index contributed by atoms with van der Waals surface area (Å²) in [6.45, 7) is 4.35. The molecule has 6 heteroatoms. The predicted molar refractivity (Wildman–Crippen MR) is 122 cm³/mol. The number of halogens is 1. The van der Waals surface area contributed by atoms with Crippen molar-refractivity contribution in [3.05, 3.63) is 65.1 Å². The number of aromatic nitrogens is 2. The van der Waals surface area contributed by atoms with E-state index in [0.717, 1.165) is 53.6 Å². The molecule has 3 aromatic rings. The molecule has 1 aromatic carbocycles. The van der Waals surface area contributed by atoms with Crippen molar-refractivity contribution in [1.82, 2.24) is 15.3 Å². The number of benzene rings is 1. The van der Waals surface area contributed by atoms with Crippen LogP contribution in [0, 0.1) is 5.92 Å². The molecule has 1 saturated carbocycles. The Labute approximate surface area is 182 Å². The van der Waals surface area contributed by atoms with Crippen LogP contribution in [-0.2, 0) is 4.79 Å². The van der Waals surface area contributed by atoms with Crippen LogP contribution < -0.4 is 10.6 Å². The average Bonchev–Trinajstić information content (AvgIpc) is 3.52. The molecule has 2 N–H and O–H groups in total. The zero-order valence-corrected chi connectivity index (χ0v) is 17.9. The fraction of sp³-hybridized carbons (Fsp3) is 0.375. The van der Waals surface area contributed by atoms with Crippen molar-refractivity contribution >= 4 is 34.6 Å². The topological polar surface area (TPSA) is 66.9 Å². The SMILES string of the molecule is CC1CC1c1ccccn1.O=CNc1cc2cc(C3CCNCC3)c(Cl)cc2cn1. The zero-order valence-electron chi connectivity index (χ0n) is 17.1. The quantitative estimate of drug-likeness (QED) is 0.572. The third kappa shape index (κ3) is 4.97. The minimum Gasteiger partial charge on any atom is -0.317 e. The largest absolute Gasteiger partial charge is 0.317 e. The normalized spacial score (nSPS) is 20.9. The van der Waals surface area contributed by atoms with E-state index in [-0.39, 0.29) is 0 Å². The number of rotatable bonds is 4. The number of hydrogen-bond donors (Lipinski definition) is 2. The van der Waals surface area contributed by atoms with Gasteiger partial charge in [0.2, 0.25) is 6.41 Å². The first-order chi connectivity index (χ1) is 14.7. The number of amides is 1. The van der Waals surface area contributed by atoms with Crippen molar-refractivity contribution < 1.29 is 4.79 Å². The molecule has 1 aliphatic carbocycles. The molecule has 156 valence electrons. The predicted octanol–water partition coefficient (Wildman–Crippen LogP) is 5.13. The highest BCUT2D eigenvalue weighted by molar-refractivity contribution is 6.32. The van der Waals surface area contributed by atoms with E-state index < -0.39 is 0 Å². The molecule has 0 spiro atoms. The van der Waals surface area contributed by atoms with Crippen LogP contribution in [-0.4, -0.2) is 29.5 Å². The molecule has 2 aliphatic rings. The summed E-state index contributed by atoms with van der Waals surface area (Å²) >= 11 is 6.42. The molecule has 30 heavy (non-hydrogen) atoms. The number of fused-ring (bicyclic) bond motifs is 1. The fourth-order valence-electron chi connectivity index (χ4n) is 4.10. The lowest BCUT2D eigenvalue weighted by Gasteiger charge is -2.24. The first-order valence-corrected chi connectivity index (χ1v) is 10.9. The average molecular weight is 423 g/mol. The van der Waals surface area contributed by atoms with E-state index in [1.165, 1.54) is 17.7 Å². The molecule has 2 unspecified atom stereocenters. The van der Waals surface area contributed by atoms with Crippen LogP contribution in [0.2, 0.25) is 5.02 Å². The number of carbonyl (C=O) groups is 1. The van der Waals surface area contributed by atoms with Gasteiger partial charge in [-0.1, -0.05) is 24.6 Å². The fourth-order valence-corrected chi connectivity index (χ4v) is 4.42. The van der Waals surface area contributed by atoms with E-state index in [4.69, 9.17) is 11.6 Å². The minimum absolute atomic E-state index is 0.504. The summed E-state index contributed by atoms with van der Waals surface area (Å²) in [5.41, 5.74) is 2.47. The van der Waals surface area contributed by atoms with Crippen LogP contribution in [0.1, 0.15) is 49.3 Å². The lowest BCUT2D eigenvalue weighted by atomic mass is 9.89. The minimum atomic E-state index is 0.504. The zero-order chi connectivity index (χ0) is 20.9. The van der Waals surface area contributed by atoms with Gasteiger partial charge >= 0.3 is 0 Å². The van der Waals surface area contributed by atoms with Gasteiger partial charge in [-0.05, 0) is 85.5 Å². The van der Waals surface area contributed by atoms with Gasteiger partial charge in [0.1, 0.15) is 5.82 Å². The van der Waals surface area contributed by atoms with Gasteiger partial charge in [0.15, 0.2) is 0 Å². The van der Waals surface area contributed by atoms with Gasteiger partial charge in [-0.3, -0.25) is 9.78 Å². The van der Waals surface area contributed by atoms with Crippen molar-refractivity contribution in [3.63, 3.8) is 0 Å². The van der Waals surface area contributed by atoms with Crippen molar-refractivity contribution in [2.75, 3.05) is 18.4 Å². The van der Waals surface area contributed by atoms with Crippen LogP contribution in [0.15, 0.2) is 48.8 Å². The van der Waals surface area contributed by atoms with Crippen molar-refractivity contribution in [3.8, 4) is 0 Å². The Kier molecular flexibility index (Phi) is 6.60. The van der Waals surface area contributed by atoms with Gasteiger partial charge in [-0.2, -0.15) is 0 Å². The smallest absolute Gasteiger partial charge is 0.212 e. The van der Waals surface area contributed by atoms with E-state index in [0.29, 0.717) is 18.1 Å². The molecule has 5 nitrogen and oxygen atoms in total. The summed E-state index contributed by atoms with van der Waals surface area (Å²) in [6.07, 6.45) is 7.79. The Balaban J connectivity index is 0.000000181. The maximum absolute atomic E-state index is 10.5. The number of anilines is 1. The van der Waals surface area contributed by atoms with Crippen LogP contribution in [0.25, 0.3) is 10.8 Å². The Morgan fingerprint density at radius 3 is 2.60 bits per heavy atom.